The molecule has 1 aromatic carbocycles. The van der Waals surface area contributed by atoms with Gasteiger partial charge in [-0.3, -0.25) is 4.79 Å². The van der Waals surface area contributed by atoms with E-state index in [1.807, 2.05) is 38.1 Å². The minimum atomic E-state index is -0.458. The largest absolute Gasteiger partial charge is 0.497 e. The van der Waals surface area contributed by atoms with Crippen molar-refractivity contribution in [2.75, 3.05) is 7.11 Å². The molecule has 0 heterocycles. The molecule has 4 nitrogen and oxygen atoms in total. The van der Waals surface area contributed by atoms with Crippen molar-refractivity contribution >= 4 is 18.3 Å². The maximum absolute atomic E-state index is 11.6. The van der Waals surface area contributed by atoms with Gasteiger partial charge in [0.05, 0.1) is 13.2 Å². The van der Waals surface area contributed by atoms with Crippen molar-refractivity contribution in [1.82, 2.24) is 5.32 Å². The molecule has 3 N–H and O–H groups in total. The summed E-state index contributed by atoms with van der Waals surface area (Å²) in [6.07, 6.45) is 0. The lowest BCUT2D eigenvalue weighted by Gasteiger charge is -2.15. The summed E-state index contributed by atoms with van der Waals surface area (Å²) in [6.45, 7) is 4.32. The Morgan fingerprint density at radius 2 is 2.11 bits per heavy atom. The van der Waals surface area contributed by atoms with Gasteiger partial charge in [0.2, 0.25) is 5.91 Å². The Bertz CT molecular complexity index is 383. The van der Waals surface area contributed by atoms with E-state index in [1.165, 1.54) is 0 Å². The van der Waals surface area contributed by atoms with E-state index in [1.54, 1.807) is 7.11 Å². The van der Waals surface area contributed by atoms with Crippen LogP contribution in [-0.2, 0) is 11.3 Å². The maximum atomic E-state index is 11.6. The summed E-state index contributed by atoms with van der Waals surface area (Å²) >= 11 is 0. The van der Waals surface area contributed by atoms with E-state index in [9.17, 15) is 4.79 Å². The van der Waals surface area contributed by atoms with E-state index >= 15 is 0 Å². The Labute approximate surface area is 114 Å². The van der Waals surface area contributed by atoms with Gasteiger partial charge in [0.15, 0.2) is 0 Å². The van der Waals surface area contributed by atoms with Crippen LogP contribution < -0.4 is 15.8 Å². The number of halogens is 1. The molecule has 0 saturated heterocycles. The molecule has 0 aliphatic heterocycles. The van der Waals surface area contributed by atoms with Crippen molar-refractivity contribution in [1.29, 1.82) is 0 Å². The van der Waals surface area contributed by atoms with Gasteiger partial charge in [0.1, 0.15) is 5.75 Å². The lowest BCUT2D eigenvalue weighted by Crippen LogP contribution is -2.43. The molecule has 1 amide bonds. The van der Waals surface area contributed by atoms with Crippen molar-refractivity contribution in [2.24, 2.45) is 11.7 Å². The normalized spacial score (nSPS) is 11.6. The number of hydrogen-bond donors (Lipinski definition) is 2. The monoisotopic (exact) mass is 272 g/mol. The van der Waals surface area contributed by atoms with Gasteiger partial charge in [-0.25, -0.2) is 0 Å². The van der Waals surface area contributed by atoms with Gasteiger partial charge in [-0.2, -0.15) is 0 Å². The first-order valence-electron chi connectivity index (χ1n) is 5.71. The maximum Gasteiger partial charge on any atom is 0.237 e. The number of amides is 1. The van der Waals surface area contributed by atoms with Gasteiger partial charge < -0.3 is 15.8 Å². The molecule has 18 heavy (non-hydrogen) atoms. The Balaban J connectivity index is 0.00000289. The van der Waals surface area contributed by atoms with Crippen molar-refractivity contribution in [2.45, 2.75) is 26.4 Å². The predicted molar refractivity (Wildman–Crippen MR) is 74.9 cm³/mol. The molecule has 1 rings (SSSR count). The molecule has 102 valence electrons. The molecule has 0 fully saturated rings. The second-order valence-electron chi connectivity index (χ2n) is 4.34. The highest BCUT2D eigenvalue weighted by Crippen LogP contribution is 2.12. The highest BCUT2D eigenvalue weighted by atomic mass is 35.5. The van der Waals surface area contributed by atoms with Crippen LogP contribution in [0.2, 0.25) is 0 Å². The number of ether oxygens (including phenoxy) is 1. The van der Waals surface area contributed by atoms with Gasteiger partial charge in [0.25, 0.3) is 0 Å². The number of nitrogens with one attached hydrogen (secondary N) is 1. The Morgan fingerprint density at radius 1 is 1.44 bits per heavy atom. The third-order valence-corrected chi connectivity index (χ3v) is 2.62. The summed E-state index contributed by atoms with van der Waals surface area (Å²) < 4.78 is 5.11. The Morgan fingerprint density at radius 3 is 2.67 bits per heavy atom. The Hall–Kier alpha value is -1.26. The zero-order valence-corrected chi connectivity index (χ0v) is 11.8. The summed E-state index contributed by atoms with van der Waals surface area (Å²) in [5.41, 5.74) is 6.74. The van der Waals surface area contributed by atoms with Crippen molar-refractivity contribution < 1.29 is 9.53 Å². The van der Waals surface area contributed by atoms with E-state index in [2.05, 4.69) is 5.32 Å². The lowest BCUT2D eigenvalue weighted by atomic mass is 10.0. The van der Waals surface area contributed by atoms with E-state index in [-0.39, 0.29) is 24.2 Å². The third-order valence-electron chi connectivity index (χ3n) is 2.62. The zero-order valence-electron chi connectivity index (χ0n) is 11.0. The summed E-state index contributed by atoms with van der Waals surface area (Å²) in [7, 11) is 1.62. The highest BCUT2D eigenvalue weighted by molar-refractivity contribution is 5.85. The van der Waals surface area contributed by atoms with Gasteiger partial charge in [0, 0.05) is 6.54 Å². The van der Waals surface area contributed by atoms with Crippen LogP contribution in [0.25, 0.3) is 0 Å². The number of methoxy groups -OCH3 is 1. The van der Waals surface area contributed by atoms with E-state index < -0.39 is 6.04 Å². The first-order valence-corrected chi connectivity index (χ1v) is 5.71. The van der Waals surface area contributed by atoms with Crippen LogP contribution in [0.15, 0.2) is 24.3 Å². The summed E-state index contributed by atoms with van der Waals surface area (Å²) in [5, 5.41) is 2.81. The molecule has 1 aromatic rings. The van der Waals surface area contributed by atoms with Gasteiger partial charge >= 0.3 is 0 Å². The van der Waals surface area contributed by atoms with Crippen LogP contribution in [0, 0.1) is 5.92 Å². The zero-order chi connectivity index (χ0) is 12.8. The van der Waals surface area contributed by atoms with E-state index in [4.69, 9.17) is 10.5 Å². The Kier molecular flexibility index (Phi) is 7.39. The number of rotatable bonds is 5. The summed E-state index contributed by atoms with van der Waals surface area (Å²) in [5.74, 6) is 0.799. The summed E-state index contributed by atoms with van der Waals surface area (Å²) in [4.78, 5) is 11.6. The first-order chi connectivity index (χ1) is 8.04. The van der Waals surface area contributed by atoms with Gasteiger partial charge in [-0.1, -0.05) is 26.0 Å². The quantitative estimate of drug-likeness (QED) is 0.858. The molecule has 0 radical (unpaired) electrons. The molecule has 0 aliphatic carbocycles. The SMILES string of the molecule is COc1cccc(CNC(=O)[C@H](N)C(C)C)c1.Cl. The van der Waals surface area contributed by atoms with Crippen LogP contribution in [0.5, 0.6) is 5.75 Å². The van der Waals surface area contributed by atoms with Crippen LogP contribution in [0.1, 0.15) is 19.4 Å². The lowest BCUT2D eigenvalue weighted by molar-refractivity contribution is -0.123. The molecule has 0 aromatic heterocycles. The minimum Gasteiger partial charge on any atom is -0.497 e. The number of carbonyl (C=O) groups excluding carboxylic acids is 1. The van der Waals surface area contributed by atoms with Crippen LogP contribution >= 0.6 is 12.4 Å². The number of hydrogen-bond acceptors (Lipinski definition) is 3. The van der Waals surface area contributed by atoms with Crippen LogP contribution in [-0.4, -0.2) is 19.1 Å². The molecule has 5 heteroatoms. The first kappa shape index (κ1) is 16.7. The smallest absolute Gasteiger partial charge is 0.237 e. The van der Waals surface area contributed by atoms with Crippen LogP contribution in [0.3, 0.4) is 0 Å². The number of nitrogens with two attached hydrogens (primary N) is 1. The molecule has 0 spiro atoms. The molecule has 1 atom stereocenters. The standard InChI is InChI=1S/C13H20N2O2.ClH/c1-9(2)12(14)13(16)15-8-10-5-4-6-11(7-10)17-3;/h4-7,9,12H,8,14H2,1-3H3,(H,15,16);1H/t12-;/m1./s1. The average molecular weight is 273 g/mol. The molecule has 0 saturated carbocycles. The second-order valence-corrected chi connectivity index (χ2v) is 4.34. The van der Waals surface area contributed by atoms with Crippen molar-refractivity contribution in [3.63, 3.8) is 0 Å². The fraction of sp³-hybridized carbons (Fsp3) is 0.462. The minimum absolute atomic E-state index is 0. The second kappa shape index (κ2) is 7.95. The number of benzene rings is 1. The fourth-order valence-electron chi connectivity index (χ4n) is 1.39. The predicted octanol–water partition coefficient (Wildman–Crippen LogP) is 1.72. The van der Waals surface area contributed by atoms with E-state index in [0.29, 0.717) is 6.54 Å². The summed E-state index contributed by atoms with van der Waals surface area (Å²) in [6, 6.07) is 7.12. The third kappa shape index (κ3) is 4.94. The molecule has 0 unspecified atom stereocenters. The molecule has 0 bridgehead atoms. The number of carbonyl (C=O) groups is 1. The molecule has 0 aliphatic rings. The average Bonchev–Trinajstić information content (AvgIpc) is 2.35. The fourth-order valence-corrected chi connectivity index (χ4v) is 1.39. The van der Waals surface area contributed by atoms with Gasteiger partial charge in [-0.05, 0) is 23.6 Å². The van der Waals surface area contributed by atoms with Crippen molar-refractivity contribution in [3.05, 3.63) is 29.8 Å². The molecular formula is C13H21ClN2O2. The topological polar surface area (TPSA) is 64.3 Å². The molecular weight excluding hydrogens is 252 g/mol. The van der Waals surface area contributed by atoms with Crippen LogP contribution in [0.4, 0.5) is 0 Å². The van der Waals surface area contributed by atoms with Gasteiger partial charge in [-0.15, -0.1) is 12.4 Å². The van der Waals surface area contributed by atoms with Crippen molar-refractivity contribution in [3.8, 4) is 5.75 Å². The highest BCUT2D eigenvalue weighted by Gasteiger charge is 2.16. The van der Waals surface area contributed by atoms with E-state index in [0.717, 1.165) is 11.3 Å².